The van der Waals surface area contributed by atoms with Crippen LogP contribution in [0, 0.1) is 0 Å². The maximum Gasteiger partial charge on any atom is 0.334 e. The molecule has 0 amide bonds. The van der Waals surface area contributed by atoms with Gasteiger partial charge in [-0.05, 0) is 42.2 Å². The van der Waals surface area contributed by atoms with Crippen LogP contribution in [0.3, 0.4) is 0 Å². The lowest BCUT2D eigenvalue weighted by Gasteiger charge is -2.08. The summed E-state index contributed by atoms with van der Waals surface area (Å²) in [6, 6.07) is 1.99. The molecule has 0 spiro atoms. The average Bonchev–Trinajstić information content (AvgIpc) is 2.67. The molecule has 0 saturated heterocycles. The first-order valence-corrected chi connectivity index (χ1v) is 5.54. The van der Waals surface area contributed by atoms with E-state index in [1.807, 2.05) is 16.8 Å². The molecule has 0 fully saturated rings. The fourth-order valence-electron chi connectivity index (χ4n) is 1.09. The van der Waals surface area contributed by atoms with Crippen molar-refractivity contribution in [3.8, 4) is 0 Å². The van der Waals surface area contributed by atoms with Gasteiger partial charge in [0.15, 0.2) is 6.10 Å². The Balaban J connectivity index is 2.27. The van der Waals surface area contributed by atoms with Gasteiger partial charge in [-0.3, -0.25) is 0 Å². The highest BCUT2D eigenvalue weighted by molar-refractivity contribution is 7.07. The molecule has 4 heteroatoms. The monoisotopic (exact) mass is 214 g/mol. The summed E-state index contributed by atoms with van der Waals surface area (Å²) >= 11 is 1.61. The van der Waals surface area contributed by atoms with E-state index >= 15 is 0 Å². The van der Waals surface area contributed by atoms with E-state index < -0.39 is 12.1 Å². The highest BCUT2D eigenvalue weighted by Crippen LogP contribution is 2.10. The standard InChI is InChI=1S/C10H14O3S/c1-2-13-10(12)9(11)4-3-8-5-6-14-7-8/h5-7,9,11H,2-4H2,1H3. The normalized spacial score (nSPS) is 12.4. The fraction of sp³-hybridized carbons (Fsp3) is 0.500. The SMILES string of the molecule is CCOC(=O)C(O)CCc1ccsc1. The van der Waals surface area contributed by atoms with Gasteiger partial charge in [-0.15, -0.1) is 0 Å². The summed E-state index contributed by atoms with van der Waals surface area (Å²) in [6.07, 6.45) is 0.147. The molecule has 0 aliphatic rings. The minimum atomic E-state index is -0.991. The molecule has 0 bridgehead atoms. The van der Waals surface area contributed by atoms with E-state index in [1.165, 1.54) is 0 Å². The quantitative estimate of drug-likeness (QED) is 0.757. The minimum absolute atomic E-state index is 0.314. The van der Waals surface area contributed by atoms with E-state index in [4.69, 9.17) is 0 Å². The van der Waals surface area contributed by atoms with Gasteiger partial charge in [0.2, 0.25) is 0 Å². The Kier molecular flexibility index (Phi) is 4.62. The Morgan fingerprint density at radius 2 is 2.50 bits per heavy atom. The Morgan fingerprint density at radius 3 is 3.07 bits per heavy atom. The van der Waals surface area contributed by atoms with Crippen molar-refractivity contribution in [2.75, 3.05) is 6.61 Å². The summed E-state index contributed by atoms with van der Waals surface area (Å²) in [7, 11) is 0. The molecule has 1 rings (SSSR count). The molecule has 0 aromatic carbocycles. The topological polar surface area (TPSA) is 46.5 Å². The van der Waals surface area contributed by atoms with Gasteiger partial charge in [0.25, 0.3) is 0 Å². The summed E-state index contributed by atoms with van der Waals surface area (Å²) in [6.45, 7) is 2.04. The molecule has 3 nitrogen and oxygen atoms in total. The Bertz CT molecular complexity index is 269. The fourth-order valence-corrected chi connectivity index (χ4v) is 1.80. The average molecular weight is 214 g/mol. The predicted molar refractivity (Wildman–Crippen MR) is 55.3 cm³/mol. The highest BCUT2D eigenvalue weighted by atomic mass is 32.1. The number of rotatable bonds is 5. The van der Waals surface area contributed by atoms with Crippen molar-refractivity contribution in [3.63, 3.8) is 0 Å². The number of hydrogen-bond donors (Lipinski definition) is 1. The molecule has 0 saturated carbocycles. The third-order valence-corrected chi connectivity index (χ3v) is 2.58. The lowest BCUT2D eigenvalue weighted by molar-refractivity contribution is -0.153. The van der Waals surface area contributed by atoms with Crippen LogP contribution in [-0.4, -0.2) is 23.8 Å². The number of carbonyl (C=O) groups excluding carboxylic acids is 1. The second-order valence-corrected chi connectivity index (χ2v) is 3.72. The van der Waals surface area contributed by atoms with Crippen LogP contribution in [0.15, 0.2) is 16.8 Å². The van der Waals surface area contributed by atoms with E-state index in [9.17, 15) is 9.90 Å². The van der Waals surface area contributed by atoms with Crippen molar-refractivity contribution in [3.05, 3.63) is 22.4 Å². The Labute approximate surface area is 87.3 Å². The zero-order chi connectivity index (χ0) is 10.4. The summed E-state index contributed by atoms with van der Waals surface area (Å²) in [5.74, 6) is -0.525. The van der Waals surface area contributed by atoms with Crippen molar-refractivity contribution >= 4 is 17.3 Å². The van der Waals surface area contributed by atoms with E-state index in [0.717, 1.165) is 5.56 Å². The number of carbonyl (C=O) groups is 1. The number of aliphatic hydroxyl groups is 1. The van der Waals surface area contributed by atoms with Gasteiger partial charge in [0.1, 0.15) is 0 Å². The molecular formula is C10H14O3S. The summed E-state index contributed by atoms with van der Waals surface area (Å²) < 4.78 is 4.69. The van der Waals surface area contributed by atoms with Crippen LogP contribution < -0.4 is 0 Å². The minimum Gasteiger partial charge on any atom is -0.464 e. The number of thiophene rings is 1. The van der Waals surface area contributed by atoms with E-state index in [2.05, 4.69) is 4.74 Å². The van der Waals surface area contributed by atoms with E-state index in [1.54, 1.807) is 18.3 Å². The number of esters is 1. The van der Waals surface area contributed by atoms with Crippen LogP contribution in [0.2, 0.25) is 0 Å². The Morgan fingerprint density at radius 1 is 1.71 bits per heavy atom. The lowest BCUT2D eigenvalue weighted by Crippen LogP contribution is -2.23. The zero-order valence-electron chi connectivity index (χ0n) is 8.10. The molecule has 1 N–H and O–H groups in total. The largest absolute Gasteiger partial charge is 0.464 e. The van der Waals surface area contributed by atoms with Crippen molar-refractivity contribution in [2.24, 2.45) is 0 Å². The molecule has 0 aliphatic carbocycles. The molecule has 78 valence electrons. The second kappa shape index (κ2) is 5.78. The zero-order valence-corrected chi connectivity index (χ0v) is 8.92. The second-order valence-electron chi connectivity index (χ2n) is 2.94. The van der Waals surface area contributed by atoms with E-state index in [-0.39, 0.29) is 0 Å². The number of hydrogen-bond acceptors (Lipinski definition) is 4. The lowest BCUT2D eigenvalue weighted by atomic mass is 10.1. The maximum atomic E-state index is 11.0. The molecular weight excluding hydrogens is 200 g/mol. The Hall–Kier alpha value is -0.870. The van der Waals surface area contributed by atoms with Crippen molar-refractivity contribution in [1.29, 1.82) is 0 Å². The van der Waals surface area contributed by atoms with E-state index in [0.29, 0.717) is 19.4 Å². The smallest absolute Gasteiger partial charge is 0.334 e. The van der Waals surface area contributed by atoms with Gasteiger partial charge in [-0.1, -0.05) is 0 Å². The van der Waals surface area contributed by atoms with Gasteiger partial charge in [-0.25, -0.2) is 4.79 Å². The molecule has 0 radical (unpaired) electrons. The van der Waals surface area contributed by atoms with Crippen LogP contribution in [0.1, 0.15) is 18.9 Å². The summed E-state index contributed by atoms with van der Waals surface area (Å²) in [5.41, 5.74) is 1.15. The molecule has 1 aromatic heterocycles. The number of aryl methyl sites for hydroxylation is 1. The van der Waals surface area contributed by atoms with Gasteiger partial charge in [0, 0.05) is 0 Å². The summed E-state index contributed by atoms with van der Waals surface area (Å²) in [4.78, 5) is 11.0. The van der Waals surface area contributed by atoms with Gasteiger partial charge in [-0.2, -0.15) is 11.3 Å². The van der Waals surface area contributed by atoms with Crippen LogP contribution in [0.25, 0.3) is 0 Å². The number of ether oxygens (including phenoxy) is 1. The third-order valence-electron chi connectivity index (χ3n) is 1.85. The molecule has 0 aliphatic heterocycles. The number of aliphatic hydroxyl groups excluding tert-OH is 1. The molecule has 14 heavy (non-hydrogen) atoms. The highest BCUT2D eigenvalue weighted by Gasteiger charge is 2.15. The predicted octanol–water partition coefficient (Wildman–Crippen LogP) is 1.60. The first kappa shape index (κ1) is 11.2. The van der Waals surface area contributed by atoms with Gasteiger partial charge < -0.3 is 9.84 Å². The van der Waals surface area contributed by atoms with Crippen molar-refractivity contribution < 1.29 is 14.6 Å². The van der Waals surface area contributed by atoms with Crippen LogP contribution in [-0.2, 0) is 16.0 Å². The van der Waals surface area contributed by atoms with Crippen LogP contribution in [0.4, 0.5) is 0 Å². The first-order valence-electron chi connectivity index (χ1n) is 4.59. The van der Waals surface area contributed by atoms with Crippen LogP contribution >= 0.6 is 11.3 Å². The molecule has 1 aromatic rings. The molecule has 1 unspecified atom stereocenters. The van der Waals surface area contributed by atoms with Crippen molar-refractivity contribution in [1.82, 2.24) is 0 Å². The molecule has 1 heterocycles. The van der Waals surface area contributed by atoms with Crippen LogP contribution in [0.5, 0.6) is 0 Å². The third kappa shape index (κ3) is 3.47. The van der Waals surface area contributed by atoms with Gasteiger partial charge in [0.05, 0.1) is 6.61 Å². The molecule has 1 atom stereocenters. The maximum absolute atomic E-state index is 11.0. The van der Waals surface area contributed by atoms with Gasteiger partial charge >= 0.3 is 5.97 Å². The first-order chi connectivity index (χ1) is 6.74. The van der Waals surface area contributed by atoms with Crippen molar-refractivity contribution in [2.45, 2.75) is 25.9 Å². The summed E-state index contributed by atoms with van der Waals surface area (Å²) in [5, 5.41) is 13.4.